The molecule has 0 aliphatic carbocycles. The van der Waals surface area contributed by atoms with Gasteiger partial charge in [-0.25, -0.2) is 4.39 Å². The third kappa shape index (κ3) is 6.09. The highest BCUT2D eigenvalue weighted by Crippen LogP contribution is 2.40. The van der Waals surface area contributed by atoms with Crippen LogP contribution in [0.4, 0.5) is 10.2 Å². The van der Waals surface area contributed by atoms with E-state index in [0.29, 0.717) is 30.4 Å². The lowest BCUT2D eigenvalue weighted by Gasteiger charge is -2.46. The van der Waals surface area contributed by atoms with Crippen molar-refractivity contribution in [1.29, 1.82) is 5.26 Å². The van der Waals surface area contributed by atoms with E-state index in [1.165, 1.54) is 4.90 Å². The molecule has 236 valence electrons. The summed E-state index contributed by atoms with van der Waals surface area (Å²) in [6.07, 6.45) is 2.38. The molecule has 2 fully saturated rings. The zero-order valence-corrected chi connectivity index (χ0v) is 26.7. The van der Waals surface area contributed by atoms with Crippen molar-refractivity contribution in [2.45, 2.75) is 57.9 Å². The Morgan fingerprint density at radius 3 is 2.71 bits per heavy atom. The molecule has 0 N–H and O–H groups in total. The molecule has 11 heteroatoms. The highest BCUT2D eigenvalue weighted by molar-refractivity contribution is 6.35. The number of anilines is 1. The van der Waals surface area contributed by atoms with Gasteiger partial charge in [-0.1, -0.05) is 48.5 Å². The van der Waals surface area contributed by atoms with Crippen LogP contribution >= 0.6 is 11.6 Å². The van der Waals surface area contributed by atoms with Gasteiger partial charge < -0.3 is 24.2 Å². The molecule has 2 aromatic carbocycles. The summed E-state index contributed by atoms with van der Waals surface area (Å²) in [6, 6.07) is 14.2. The average Bonchev–Trinajstić information content (AvgIpc) is 3.46. The summed E-state index contributed by atoms with van der Waals surface area (Å²) in [5.74, 6) is -1.19. The van der Waals surface area contributed by atoms with Gasteiger partial charge in [0, 0.05) is 48.1 Å². The largest absolute Gasteiger partial charge is 0.462 e. The van der Waals surface area contributed by atoms with Crippen LogP contribution in [0, 0.1) is 16.7 Å². The minimum absolute atomic E-state index is 0.206. The van der Waals surface area contributed by atoms with Crippen LogP contribution in [-0.2, 0) is 22.6 Å². The number of fused-ring (bicyclic) bond motifs is 2. The van der Waals surface area contributed by atoms with E-state index in [0.717, 1.165) is 47.0 Å². The fraction of sp³-hybridized carbons (Fsp3) is 0.471. The number of hydrogen-bond donors (Lipinski definition) is 0. The molecule has 0 radical (unpaired) electrons. The van der Waals surface area contributed by atoms with Crippen LogP contribution in [0.15, 0.2) is 48.8 Å². The summed E-state index contributed by atoms with van der Waals surface area (Å²) in [6.45, 7) is 9.35. The fourth-order valence-corrected chi connectivity index (χ4v) is 7.07. The lowest BCUT2D eigenvalue weighted by molar-refractivity contribution is -0.133. The van der Waals surface area contributed by atoms with E-state index in [1.807, 2.05) is 41.3 Å². The number of hydrogen-bond acceptors (Lipinski definition) is 8. The number of halogens is 2. The smallest absolute Gasteiger partial charge is 0.318 e. The summed E-state index contributed by atoms with van der Waals surface area (Å²) >= 11 is 6.67. The van der Waals surface area contributed by atoms with E-state index in [4.69, 9.17) is 31.0 Å². The van der Waals surface area contributed by atoms with Crippen molar-refractivity contribution in [2.75, 3.05) is 44.7 Å². The van der Waals surface area contributed by atoms with Crippen LogP contribution in [0.25, 0.3) is 10.8 Å². The Hall–Kier alpha value is -3.78. The molecule has 9 nitrogen and oxygen atoms in total. The van der Waals surface area contributed by atoms with E-state index < -0.39 is 23.2 Å². The predicted molar refractivity (Wildman–Crippen MR) is 171 cm³/mol. The van der Waals surface area contributed by atoms with Gasteiger partial charge in [0.15, 0.2) is 5.83 Å². The first-order valence-electron chi connectivity index (χ1n) is 15.4. The lowest BCUT2D eigenvalue weighted by Crippen LogP contribution is -2.60. The number of aromatic nitrogens is 2. The number of nitrogens with zero attached hydrogens (tertiary/aromatic N) is 6. The van der Waals surface area contributed by atoms with E-state index in [-0.39, 0.29) is 37.9 Å². The van der Waals surface area contributed by atoms with Crippen molar-refractivity contribution in [2.24, 2.45) is 5.41 Å². The molecule has 0 bridgehead atoms. The molecule has 3 aromatic rings. The molecular weight excluding hydrogens is 595 g/mol. The van der Waals surface area contributed by atoms with Crippen LogP contribution in [0.5, 0.6) is 6.01 Å². The maximum Gasteiger partial charge on any atom is 0.318 e. The Morgan fingerprint density at radius 2 is 2.00 bits per heavy atom. The molecule has 3 aliphatic heterocycles. The number of amides is 1. The van der Waals surface area contributed by atoms with Gasteiger partial charge in [0.1, 0.15) is 12.4 Å². The molecule has 1 amide bonds. The molecule has 2 saturated heterocycles. The Bertz CT molecular complexity index is 1670. The molecule has 6 rings (SSSR count). The van der Waals surface area contributed by atoms with E-state index in [2.05, 4.69) is 24.6 Å². The molecule has 4 heterocycles. The van der Waals surface area contributed by atoms with Crippen molar-refractivity contribution in [3.8, 4) is 12.1 Å². The summed E-state index contributed by atoms with van der Waals surface area (Å²) in [5.41, 5.74) is 1.69. The summed E-state index contributed by atoms with van der Waals surface area (Å²) in [7, 11) is 2.10. The molecule has 1 unspecified atom stereocenters. The second-order valence-corrected chi connectivity index (χ2v) is 13.1. The zero-order chi connectivity index (χ0) is 31.9. The van der Waals surface area contributed by atoms with Gasteiger partial charge in [0.25, 0.3) is 5.91 Å². The number of ether oxygens (including phenoxy) is 2. The number of rotatable bonds is 7. The van der Waals surface area contributed by atoms with Gasteiger partial charge in [-0.15, -0.1) is 0 Å². The third-order valence-electron chi connectivity index (χ3n) is 9.46. The summed E-state index contributed by atoms with van der Waals surface area (Å²) in [4.78, 5) is 28.3. The summed E-state index contributed by atoms with van der Waals surface area (Å²) in [5, 5.41) is 12.7. The Morgan fingerprint density at radius 1 is 1.22 bits per heavy atom. The normalized spacial score (nSPS) is 22.3. The number of carbonyl (C=O) groups excluding carboxylic acids is 1. The maximum absolute atomic E-state index is 14.0. The molecule has 1 aromatic heterocycles. The van der Waals surface area contributed by atoms with Crippen molar-refractivity contribution in [1.82, 2.24) is 19.8 Å². The second-order valence-electron chi connectivity index (χ2n) is 12.7. The standard InChI is InChI=1S/C34H38ClFN6O3/c1-21(36)32(43)42-15-14-41(17-29(42)34(2,3)20-37)31-25-19-44-28(24-11-5-8-22-9-6-12-26(35)30(22)24)16-27(25)38-33(39-31)45-18-23-10-7-13-40(23)4/h5-6,8-9,11-12,23,28-29H,1,7,10,13-19H2,2-4H3/t23-,28?,29+/m0/s1. The first kappa shape index (κ1) is 31.2. The maximum atomic E-state index is 14.0. The van der Waals surface area contributed by atoms with Gasteiger partial charge in [-0.2, -0.15) is 15.2 Å². The van der Waals surface area contributed by atoms with Crippen molar-refractivity contribution in [3.63, 3.8) is 0 Å². The topological polar surface area (TPSA) is 94.8 Å². The number of piperazine rings is 1. The van der Waals surface area contributed by atoms with Gasteiger partial charge in [-0.3, -0.25) is 4.79 Å². The Labute approximate surface area is 268 Å². The highest BCUT2D eigenvalue weighted by atomic mass is 35.5. The van der Waals surface area contributed by atoms with Crippen molar-refractivity contribution in [3.05, 3.63) is 70.6 Å². The third-order valence-corrected chi connectivity index (χ3v) is 9.78. The quantitative estimate of drug-likeness (QED) is 0.310. The highest BCUT2D eigenvalue weighted by Gasteiger charge is 2.43. The number of benzene rings is 2. The second kappa shape index (κ2) is 12.5. The molecule has 0 saturated carbocycles. The average molecular weight is 633 g/mol. The van der Waals surface area contributed by atoms with E-state index in [1.54, 1.807) is 13.8 Å². The van der Waals surface area contributed by atoms with Gasteiger partial charge in [-0.05, 0) is 57.3 Å². The van der Waals surface area contributed by atoms with Crippen LogP contribution < -0.4 is 9.64 Å². The van der Waals surface area contributed by atoms with Crippen LogP contribution in [0.1, 0.15) is 49.6 Å². The molecule has 45 heavy (non-hydrogen) atoms. The SMILES string of the molecule is C=C(F)C(=O)N1CCN(c2nc(OC[C@@H]3CCCN3C)nc3c2COC(c2cccc4cccc(Cl)c24)C3)C[C@@H]1C(C)(C)C#N. The first-order chi connectivity index (χ1) is 21.6. The number of likely N-dealkylation sites (tertiary alicyclic amines) is 1. The van der Waals surface area contributed by atoms with Gasteiger partial charge >= 0.3 is 6.01 Å². The van der Waals surface area contributed by atoms with E-state index in [9.17, 15) is 14.4 Å². The fourth-order valence-electron chi connectivity index (χ4n) is 6.77. The Balaban J connectivity index is 1.37. The number of carbonyl (C=O) groups is 1. The van der Waals surface area contributed by atoms with Crippen molar-refractivity contribution >= 4 is 34.1 Å². The van der Waals surface area contributed by atoms with Crippen molar-refractivity contribution < 1.29 is 18.7 Å². The zero-order valence-electron chi connectivity index (χ0n) is 25.9. The van der Waals surface area contributed by atoms with Gasteiger partial charge in [0.05, 0.1) is 35.9 Å². The number of likely N-dealkylation sites (N-methyl/N-ethyl adjacent to an activating group) is 1. The van der Waals surface area contributed by atoms with Crippen LogP contribution in [0.2, 0.25) is 5.02 Å². The Kier molecular flexibility index (Phi) is 8.70. The van der Waals surface area contributed by atoms with E-state index >= 15 is 0 Å². The molecule has 3 aliphatic rings. The minimum Gasteiger partial charge on any atom is -0.462 e. The number of nitriles is 1. The summed E-state index contributed by atoms with van der Waals surface area (Å²) < 4.78 is 26.8. The lowest BCUT2D eigenvalue weighted by atomic mass is 9.83. The predicted octanol–water partition coefficient (Wildman–Crippen LogP) is 5.62. The monoisotopic (exact) mass is 632 g/mol. The first-order valence-corrected chi connectivity index (χ1v) is 15.8. The molecule has 3 atom stereocenters. The van der Waals surface area contributed by atoms with Crippen LogP contribution in [-0.4, -0.2) is 77.6 Å². The molecule has 0 spiro atoms. The molecular formula is C34H38ClFN6O3. The van der Waals surface area contributed by atoms with Gasteiger partial charge in [0.2, 0.25) is 0 Å². The van der Waals surface area contributed by atoms with Crippen LogP contribution in [0.3, 0.4) is 0 Å². The minimum atomic E-state index is -1.04.